The lowest BCUT2D eigenvalue weighted by atomic mass is 10.1. The van der Waals surface area contributed by atoms with E-state index in [0.717, 1.165) is 23.7 Å². The first-order valence-corrected chi connectivity index (χ1v) is 8.39. The second-order valence-electron chi connectivity index (χ2n) is 5.80. The molecule has 0 aromatic heterocycles. The highest BCUT2D eigenvalue weighted by Gasteiger charge is 2.02. The van der Waals surface area contributed by atoms with Crippen molar-refractivity contribution in [2.75, 3.05) is 14.2 Å². The maximum atomic E-state index is 13.3. The molecule has 0 radical (unpaired) electrons. The predicted molar refractivity (Wildman–Crippen MR) is 106 cm³/mol. The lowest BCUT2D eigenvalue weighted by Crippen LogP contribution is -2.04. The van der Waals surface area contributed by atoms with Gasteiger partial charge < -0.3 is 15.2 Å². The molecule has 0 unspecified atom stereocenters. The Labute approximate surface area is 158 Å². The van der Waals surface area contributed by atoms with E-state index in [0.29, 0.717) is 11.3 Å². The van der Waals surface area contributed by atoms with E-state index in [1.165, 1.54) is 43.5 Å². The van der Waals surface area contributed by atoms with Crippen molar-refractivity contribution in [2.45, 2.75) is 6.54 Å². The van der Waals surface area contributed by atoms with Crippen molar-refractivity contribution in [2.24, 2.45) is 0 Å². The van der Waals surface area contributed by atoms with Gasteiger partial charge in [-0.25, -0.2) is 4.39 Å². The van der Waals surface area contributed by atoms with Gasteiger partial charge in [-0.15, -0.1) is 0 Å². The van der Waals surface area contributed by atoms with Gasteiger partial charge in [-0.3, -0.25) is 4.79 Å². The fraction of sp³-hybridized carbons (Fsp3) is 0.136. The van der Waals surface area contributed by atoms with Crippen molar-refractivity contribution in [3.8, 4) is 5.75 Å². The SMILES string of the molecule is CNCc1ccc(/C=C/C(O)=CC(=O)/C=C/c2cc(F)ccc2OC)cc1. The Morgan fingerprint density at radius 1 is 1.15 bits per heavy atom. The van der Waals surface area contributed by atoms with E-state index < -0.39 is 11.6 Å². The number of methoxy groups -OCH3 is 1. The van der Waals surface area contributed by atoms with Crippen LogP contribution in [0, 0.1) is 5.82 Å². The minimum atomic E-state index is -0.426. The minimum Gasteiger partial charge on any atom is -0.508 e. The summed E-state index contributed by atoms with van der Waals surface area (Å²) < 4.78 is 18.4. The zero-order valence-corrected chi connectivity index (χ0v) is 15.3. The average Bonchev–Trinajstić information content (AvgIpc) is 2.66. The van der Waals surface area contributed by atoms with Crippen LogP contribution in [0.25, 0.3) is 12.2 Å². The Morgan fingerprint density at radius 2 is 1.89 bits per heavy atom. The van der Waals surface area contributed by atoms with Crippen molar-refractivity contribution in [3.05, 3.63) is 89.0 Å². The number of nitrogens with one attached hydrogen (secondary N) is 1. The number of carbonyl (C=O) groups is 1. The number of hydrogen-bond donors (Lipinski definition) is 2. The van der Waals surface area contributed by atoms with Gasteiger partial charge in [0.05, 0.1) is 7.11 Å². The van der Waals surface area contributed by atoms with Crippen molar-refractivity contribution in [1.82, 2.24) is 5.32 Å². The van der Waals surface area contributed by atoms with Crippen molar-refractivity contribution in [1.29, 1.82) is 0 Å². The highest BCUT2D eigenvalue weighted by Crippen LogP contribution is 2.20. The summed E-state index contributed by atoms with van der Waals surface area (Å²) in [5, 5.41) is 13.0. The Hall–Kier alpha value is -3.18. The van der Waals surface area contributed by atoms with Gasteiger partial charge >= 0.3 is 0 Å². The molecule has 0 aliphatic rings. The van der Waals surface area contributed by atoms with E-state index >= 15 is 0 Å². The molecule has 0 fully saturated rings. The predicted octanol–water partition coefficient (Wildman–Crippen LogP) is 4.29. The fourth-order valence-electron chi connectivity index (χ4n) is 2.38. The van der Waals surface area contributed by atoms with Crippen LogP contribution in [-0.4, -0.2) is 25.0 Å². The normalized spacial score (nSPS) is 12.0. The monoisotopic (exact) mass is 367 g/mol. The summed E-state index contributed by atoms with van der Waals surface area (Å²) in [6.45, 7) is 0.784. The number of allylic oxidation sites excluding steroid dienone is 3. The molecular formula is C22H22FNO3. The highest BCUT2D eigenvalue weighted by atomic mass is 19.1. The zero-order valence-electron chi connectivity index (χ0n) is 15.3. The number of rotatable bonds is 8. The Kier molecular flexibility index (Phi) is 7.52. The number of ether oxygens (including phenoxy) is 1. The number of hydrogen-bond acceptors (Lipinski definition) is 4. The molecule has 0 aliphatic heterocycles. The summed E-state index contributed by atoms with van der Waals surface area (Å²) in [5.74, 6) is -0.566. The Balaban J connectivity index is 2.02. The summed E-state index contributed by atoms with van der Waals surface area (Å²) >= 11 is 0. The van der Waals surface area contributed by atoms with Crippen LogP contribution < -0.4 is 10.1 Å². The standard InChI is InChI=1S/C22H22FNO3/c1-24-15-17-5-3-16(4-6-17)7-10-20(25)14-21(26)11-8-18-13-19(23)9-12-22(18)27-2/h3-14,24-25H,15H2,1-2H3/b10-7+,11-8+,20-14?. The molecule has 4 nitrogen and oxygen atoms in total. The topological polar surface area (TPSA) is 58.6 Å². The van der Waals surface area contributed by atoms with Crippen molar-refractivity contribution < 1.29 is 19.0 Å². The van der Waals surface area contributed by atoms with Crippen LogP contribution in [0.3, 0.4) is 0 Å². The molecule has 140 valence electrons. The lowest BCUT2D eigenvalue weighted by Gasteiger charge is -2.03. The average molecular weight is 367 g/mol. The van der Waals surface area contributed by atoms with Crippen LogP contribution in [0.1, 0.15) is 16.7 Å². The largest absolute Gasteiger partial charge is 0.508 e. The molecule has 27 heavy (non-hydrogen) atoms. The maximum absolute atomic E-state index is 13.3. The van der Waals surface area contributed by atoms with Gasteiger partial charge in [0, 0.05) is 18.2 Å². The molecule has 2 rings (SSSR count). The number of aliphatic hydroxyl groups is 1. The first-order chi connectivity index (χ1) is 13.0. The number of carbonyl (C=O) groups excluding carboxylic acids is 1. The second kappa shape index (κ2) is 10.1. The second-order valence-corrected chi connectivity index (χ2v) is 5.80. The van der Waals surface area contributed by atoms with Crippen LogP contribution >= 0.6 is 0 Å². The molecule has 0 atom stereocenters. The highest BCUT2D eigenvalue weighted by molar-refractivity contribution is 6.02. The van der Waals surface area contributed by atoms with E-state index in [1.54, 1.807) is 6.08 Å². The molecule has 2 N–H and O–H groups in total. The summed E-state index contributed by atoms with van der Waals surface area (Å²) in [6.07, 6.45) is 6.93. The molecule has 2 aromatic rings. The minimum absolute atomic E-state index is 0.171. The van der Waals surface area contributed by atoms with Gasteiger partial charge in [0.2, 0.25) is 0 Å². The van der Waals surface area contributed by atoms with E-state index in [2.05, 4.69) is 5.32 Å². The lowest BCUT2D eigenvalue weighted by molar-refractivity contribution is -0.110. The summed E-state index contributed by atoms with van der Waals surface area (Å²) in [5.41, 5.74) is 2.50. The third-order valence-corrected chi connectivity index (χ3v) is 3.72. The van der Waals surface area contributed by atoms with E-state index in [9.17, 15) is 14.3 Å². The first-order valence-electron chi connectivity index (χ1n) is 8.39. The number of benzene rings is 2. The van der Waals surface area contributed by atoms with Gasteiger partial charge in [0.25, 0.3) is 0 Å². The van der Waals surface area contributed by atoms with Crippen LogP contribution in [-0.2, 0) is 11.3 Å². The van der Waals surface area contributed by atoms with E-state index in [1.807, 2.05) is 31.3 Å². The Bertz CT molecular complexity index is 868. The third-order valence-electron chi connectivity index (χ3n) is 3.72. The Morgan fingerprint density at radius 3 is 2.56 bits per heavy atom. The number of ketones is 1. The van der Waals surface area contributed by atoms with Crippen LogP contribution in [0.4, 0.5) is 4.39 Å². The van der Waals surface area contributed by atoms with E-state index in [-0.39, 0.29) is 5.76 Å². The molecule has 0 heterocycles. The molecule has 0 saturated carbocycles. The smallest absolute Gasteiger partial charge is 0.182 e. The summed E-state index contributed by atoms with van der Waals surface area (Å²) in [4.78, 5) is 11.9. The van der Waals surface area contributed by atoms with Crippen LogP contribution in [0.15, 0.2) is 66.5 Å². The van der Waals surface area contributed by atoms with Crippen molar-refractivity contribution in [3.63, 3.8) is 0 Å². The molecule has 2 aromatic carbocycles. The van der Waals surface area contributed by atoms with Gasteiger partial charge in [-0.1, -0.05) is 30.3 Å². The number of halogens is 1. The maximum Gasteiger partial charge on any atom is 0.182 e. The molecule has 0 amide bonds. The fourth-order valence-corrected chi connectivity index (χ4v) is 2.38. The summed E-state index contributed by atoms with van der Waals surface area (Å²) in [7, 11) is 3.35. The first kappa shape index (κ1) is 20.1. The third kappa shape index (κ3) is 6.56. The van der Waals surface area contributed by atoms with Gasteiger partial charge in [0.1, 0.15) is 17.3 Å². The van der Waals surface area contributed by atoms with Crippen LogP contribution in [0.2, 0.25) is 0 Å². The molecule has 5 heteroatoms. The zero-order chi connectivity index (χ0) is 19.6. The quantitative estimate of drug-likeness (QED) is 0.415. The van der Waals surface area contributed by atoms with E-state index in [4.69, 9.17) is 4.74 Å². The van der Waals surface area contributed by atoms with Gasteiger partial charge in [-0.2, -0.15) is 0 Å². The number of aliphatic hydroxyl groups excluding tert-OH is 1. The van der Waals surface area contributed by atoms with Crippen molar-refractivity contribution >= 4 is 17.9 Å². The van der Waals surface area contributed by atoms with Crippen LogP contribution in [0.5, 0.6) is 5.75 Å². The molecule has 0 bridgehead atoms. The molecule has 0 aliphatic carbocycles. The van der Waals surface area contributed by atoms with Gasteiger partial charge in [-0.05, 0) is 54.6 Å². The molecule has 0 saturated heterocycles. The summed E-state index contributed by atoms with van der Waals surface area (Å²) in [6, 6.07) is 11.8. The van der Waals surface area contributed by atoms with Gasteiger partial charge in [0.15, 0.2) is 5.78 Å². The molecular weight excluding hydrogens is 345 g/mol. The molecule has 0 spiro atoms.